The summed E-state index contributed by atoms with van der Waals surface area (Å²) in [5.41, 5.74) is 22.6. The standard InChI is InChI=1S/C25H35N9O8/c26-14(9-19(27)35)21(38)33-17(8-12-11-31-15-5-2-1-4-13(12)15)22(39)34-18(10-20(36)37)23(40)32-16(24(41)42)6-3-7-30-25(28)29/h1-2,4-5,11,14,16-18,31H,3,6-10,26H2,(H2,27,35)(H,32,40)(H,33,38)(H,34,39)(H,36,37)(H,41,42)(H4,28,29,30). The van der Waals surface area contributed by atoms with Crippen molar-refractivity contribution in [3.05, 3.63) is 36.0 Å². The number of aliphatic imine (C=N–C) groups is 1. The predicted octanol–water partition coefficient (Wildman–Crippen LogP) is -3.02. The maximum atomic E-state index is 13.4. The van der Waals surface area contributed by atoms with Crippen LogP contribution in [0.25, 0.3) is 10.9 Å². The average Bonchev–Trinajstić information content (AvgIpc) is 3.31. The summed E-state index contributed by atoms with van der Waals surface area (Å²) in [6.07, 6.45) is 0.179. The number of H-pyrrole nitrogens is 1. The van der Waals surface area contributed by atoms with E-state index < -0.39 is 72.6 Å². The minimum absolute atomic E-state index is 0.0877. The molecule has 0 radical (unpaired) electrons. The number of carboxylic acid groups (broad SMARTS) is 2. The Kier molecular flexibility index (Phi) is 12.2. The minimum Gasteiger partial charge on any atom is -0.481 e. The van der Waals surface area contributed by atoms with Crippen LogP contribution in [0.1, 0.15) is 31.2 Å². The number of guanidine groups is 1. The number of fused-ring (bicyclic) bond motifs is 1. The first-order valence-electron chi connectivity index (χ1n) is 12.8. The molecule has 2 aromatic rings. The number of nitrogens with two attached hydrogens (primary N) is 4. The molecule has 1 aromatic carbocycles. The van der Waals surface area contributed by atoms with Crippen molar-refractivity contribution in [3.63, 3.8) is 0 Å². The van der Waals surface area contributed by atoms with Crippen molar-refractivity contribution in [1.82, 2.24) is 20.9 Å². The third kappa shape index (κ3) is 10.4. The molecule has 4 atom stereocenters. The van der Waals surface area contributed by atoms with E-state index in [-0.39, 0.29) is 31.8 Å². The Morgan fingerprint density at radius 1 is 0.857 bits per heavy atom. The number of aromatic nitrogens is 1. The molecule has 4 amide bonds. The quantitative estimate of drug-likeness (QED) is 0.0503. The van der Waals surface area contributed by atoms with E-state index in [1.807, 2.05) is 0 Å². The number of rotatable bonds is 17. The van der Waals surface area contributed by atoms with Crippen molar-refractivity contribution < 1.29 is 39.0 Å². The van der Waals surface area contributed by atoms with Crippen LogP contribution in [0.2, 0.25) is 0 Å². The molecule has 228 valence electrons. The van der Waals surface area contributed by atoms with Crippen LogP contribution in [0, 0.1) is 0 Å². The van der Waals surface area contributed by atoms with Crippen LogP contribution in [0.15, 0.2) is 35.5 Å². The lowest BCUT2D eigenvalue weighted by Crippen LogP contribution is -2.58. The summed E-state index contributed by atoms with van der Waals surface area (Å²) in [5.74, 6) is -6.83. The van der Waals surface area contributed by atoms with Crippen LogP contribution >= 0.6 is 0 Å². The molecule has 2 rings (SSSR count). The number of carbonyl (C=O) groups is 6. The average molecular weight is 590 g/mol. The van der Waals surface area contributed by atoms with Gasteiger partial charge in [0.1, 0.15) is 18.1 Å². The van der Waals surface area contributed by atoms with Gasteiger partial charge in [0.15, 0.2) is 5.96 Å². The van der Waals surface area contributed by atoms with Crippen molar-refractivity contribution in [3.8, 4) is 0 Å². The van der Waals surface area contributed by atoms with Gasteiger partial charge in [-0.25, -0.2) is 4.79 Å². The highest BCUT2D eigenvalue weighted by Gasteiger charge is 2.32. The normalized spacial score (nSPS) is 13.6. The predicted molar refractivity (Wildman–Crippen MR) is 149 cm³/mol. The summed E-state index contributed by atoms with van der Waals surface area (Å²) >= 11 is 0. The van der Waals surface area contributed by atoms with E-state index >= 15 is 0 Å². The third-order valence-electron chi connectivity index (χ3n) is 6.06. The number of aliphatic carboxylic acids is 2. The summed E-state index contributed by atoms with van der Waals surface area (Å²) in [4.78, 5) is 80.2. The monoisotopic (exact) mass is 589 g/mol. The van der Waals surface area contributed by atoms with Crippen molar-refractivity contribution in [2.75, 3.05) is 6.54 Å². The summed E-state index contributed by atoms with van der Waals surface area (Å²) in [7, 11) is 0. The van der Waals surface area contributed by atoms with E-state index in [2.05, 4.69) is 25.9 Å². The maximum Gasteiger partial charge on any atom is 0.326 e. The molecular formula is C25H35N9O8. The van der Waals surface area contributed by atoms with Gasteiger partial charge in [-0.2, -0.15) is 0 Å². The molecule has 0 aliphatic heterocycles. The number of benzene rings is 1. The van der Waals surface area contributed by atoms with Crippen LogP contribution in [0.5, 0.6) is 0 Å². The van der Waals surface area contributed by atoms with Crippen molar-refractivity contribution in [1.29, 1.82) is 0 Å². The van der Waals surface area contributed by atoms with Gasteiger partial charge in [-0.15, -0.1) is 0 Å². The second kappa shape index (κ2) is 15.6. The molecule has 4 unspecified atom stereocenters. The zero-order valence-corrected chi connectivity index (χ0v) is 22.5. The van der Waals surface area contributed by atoms with Gasteiger partial charge in [0.05, 0.1) is 18.9 Å². The summed E-state index contributed by atoms with van der Waals surface area (Å²) in [5, 5.41) is 26.5. The Bertz CT molecular complexity index is 1340. The molecule has 0 spiro atoms. The number of para-hydroxylation sites is 1. The lowest BCUT2D eigenvalue weighted by atomic mass is 10.0. The molecule has 1 heterocycles. The van der Waals surface area contributed by atoms with E-state index in [9.17, 15) is 39.0 Å². The smallest absolute Gasteiger partial charge is 0.326 e. The molecular weight excluding hydrogens is 554 g/mol. The Labute approximate surface area is 239 Å². The minimum atomic E-state index is -1.71. The van der Waals surface area contributed by atoms with E-state index in [0.717, 1.165) is 10.9 Å². The van der Waals surface area contributed by atoms with E-state index in [1.165, 1.54) is 0 Å². The molecule has 0 saturated carbocycles. The fourth-order valence-corrected chi connectivity index (χ4v) is 4.01. The first-order chi connectivity index (χ1) is 19.8. The van der Waals surface area contributed by atoms with Crippen molar-refractivity contribution in [2.45, 2.75) is 56.3 Å². The van der Waals surface area contributed by atoms with Gasteiger partial charge < -0.3 is 54.1 Å². The zero-order chi connectivity index (χ0) is 31.4. The number of hydrogen-bond donors (Lipinski definition) is 10. The highest BCUT2D eigenvalue weighted by molar-refractivity contribution is 5.96. The zero-order valence-electron chi connectivity index (χ0n) is 22.5. The van der Waals surface area contributed by atoms with Crippen LogP contribution in [0.4, 0.5) is 0 Å². The first kappa shape index (κ1) is 33.0. The largest absolute Gasteiger partial charge is 0.481 e. The second-order valence-corrected chi connectivity index (χ2v) is 9.41. The Balaban J connectivity index is 2.27. The summed E-state index contributed by atoms with van der Waals surface area (Å²) in [6, 6.07) is 1.21. The molecule has 42 heavy (non-hydrogen) atoms. The number of aromatic amines is 1. The van der Waals surface area contributed by atoms with E-state index in [4.69, 9.17) is 22.9 Å². The molecule has 17 heteroatoms. The Hall–Kier alpha value is -5.19. The molecule has 0 fully saturated rings. The van der Waals surface area contributed by atoms with Gasteiger partial charge in [-0.05, 0) is 24.5 Å². The second-order valence-electron chi connectivity index (χ2n) is 9.41. The molecule has 14 N–H and O–H groups in total. The number of amides is 4. The van der Waals surface area contributed by atoms with Gasteiger partial charge in [0, 0.05) is 30.1 Å². The van der Waals surface area contributed by atoms with Crippen LogP contribution in [0.3, 0.4) is 0 Å². The topological polar surface area (TPSA) is 311 Å². The van der Waals surface area contributed by atoms with Crippen LogP contribution in [-0.2, 0) is 35.2 Å². The number of nitrogens with one attached hydrogen (secondary N) is 4. The highest BCUT2D eigenvalue weighted by atomic mass is 16.4. The van der Waals surface area contributed by atoms with E-state index in [0.29, 0.717) is 5.56 Å². The molecule has 1 aromatic heterocycles. The molecule has 0 bridgehead atoms. The Morgan fingerprint density at radius 3 is 2.10 bits per heavy atom. The third-order valence-corrected chi connectivity index (χ3v) is 6.06. The fourth-order valence-electron chi connectivity index (χ4n) is 4.01. The van der Waals surface area contributed by atoms with Crippen LogP contribution < -0.4 is 38.9 Å². The molecule has 17 nitrogen and oxygen atoms in total. The van der Waals surface area contributed by atoms with Gasteiger partial charge >= 0.3 is 11.9 Å². The van der Waals surface area contributed by atoms with Gasteiger partial charge in [0.25, 0.3) is 0 Å². The number of carbonyl (C=O) groups excluding carboxylic acids is 4. The maximum absolute atomic E-state index is 13.4. The number of nitrogens with zero attached hydrogens (tertiary/aromatic N) is 1. The summed E-state index contributed by atoms with van der Waals surface area (Å²) in [6.45, 7) is 0.0877. The van der Waals surface area contributed by atoms with Crippen molar-refractivity contribution in [2.24, 2.45) is 27.9 Å². The SMILES string of the molecule is NC(=O)CC(N)C(=O)NC(Cc1c[nH]c2ccccc12)C(=O)NC(CC(=O)O)C(=O)NC(CCCN=C(N)N)C(=O)O. The highest BCUT2D eigenvalue weighted by Crippen LogP contribution is 2.19. The fraction of sp³-hybridized carbons (Fsp3) is 0.400. The van der Waals surface area contributed by atoms with Crippen LogP contribution in [-0.4, -0.2) is 87.4 Å². The van der Waals surface area contributed by atoms with Gasteiger partial charge in [-0.1, -0.05) is 18.2 Å². The van der Waals surface area contributed by atoms with Crippen molar-refractivity contribution >= 4 is 52.4 Å². The number of hydrogen-bond acceptors (Lipinski definition) is 8. The van der Waals surface area contributed by atoms with Gasteiger partial charge in [0.2, 0.25) is 23.6 Å². The van der Waals surface area contributed by atoms with E-state index in [1.54, 1.807) is 30.5 Å². The lowest BCUT2D eigenvalue weighted by Gasteiger charge is -2.24. The number of carboxylic acids is 2. The number of primary amides is 1. The lowest BCUT2D eigenvalue weighted by molar-refractivity contribution is -0.143. The Morgan fingerprint density at radius 2 is 1.48 bits per heavy atom. The van der Waals surface area contributed by atoms with Gasteiger partial charge in [-0.3, -0.25) is 29.0 Å². The molecule has 0 aliphatic rings. The summed E-state index contributed by atoms with van der Waals surface area (Å²) < 4.78 is 0. The molecule has 0 saturated heterocycles. The molecule has 0 aliphatic carbocycles. The first-order valence-corrected chi connectivity index (χ1v) is 12.8.